The van der Waals surface area contributed by atoms with Crippen LogP contribution in [0.4, 0.5) is 0 Å². The lowest BCUT2D eigenvalue weighted by Gasteiger charge is -2.34. The van der Waals surface area contributed by atoms with E-state index in [9.17, 15) is 4.79 Å². The van der Waals surface area contributed by atoms with Gasteiger partial charge in [0.1, 0.15) is 0 Å². The van der Waals surface area contributed by atoms with Crippen molar-refractivity contribution >= 4 is 5.91 Å². The highest BCUT2D eigenvalue weighted by Gasteiger charge is 2.25. The number of benzene rings is 2. The van der Waals surface area contributed by atoms with E-state index in [1.165, 1.54) is 5.56 Å². The zero-order valence-electron chi connectivity index (χ0n) is 15.6. The van der Waals surface area contributed by atoms with Gasteiger partial charge in [0.15, 0.2) is 0 Å². The second-order valence-corrected chi connectivity index (χ2v) is 6.94. The Hall–Kier alpha value is -2.92. The highest BCUT2D eigenvalue weighted by molar-refractivity contribution is 5.95. The maximum Gasteiger partial charge on any atom is 0.257 e. The summed E-state index contributed by atoms with van der Waals surface area (Å²) in [5.74, 6) is 0.0778. The van der Waals surface area contributed by atoms with E-state index in [-0.39, 0.29) is 5.91 Å². The van der Waals surface area contributed by atoms with Crippen LogP contribution in [-0.2, 0) is 6.54 Å². The van der Waals surface area contributed by atoms with Crippen LogP contribution in [0.3, 0.4) is 0 Å². The van der Waals surface area contributed by atoms with Gasteiger partial charge in [-0.15, -0.1) is 0 Å². The first-order valence-corrected chi connectivity index (χ1v) is 9.38. The van der Waals surface area contributed by atoms with Crippen molar-refractivity contribution in [3.63, 3.8) is 0 Å². The monoisotopic (exact) mass is 360 g/mol. The van der Waals surface area contributed by atoms with Crippen molar-refractivity contribution in [2.45, 2.75) is 13.5 Å². The molecule has 1 amide bonds. The Morgan fingerprint density at radius 3 is 2.22 bits per heavy atom. The molecule has 0 radical (unpaired) electrons. The molecule has 0 atom stereocenters. The summed E-state index contributed by atoms with van der Waals surface area (Å²) in [4.78, 5) is 17.3. The number of para-hydroxylation sites is 1. The van der Waals surface area contributed by atoms with Gasteiger partial charge in [0.2, 0.25) is 0 Å². The quantitative estimate of drug-likeness (QED) is 0.718. The molecule has 0 N–H and O–H groups in total. The Morgan fingerprint density at radius 1 is 0.926 bits per heavy atom. The number of carbonyl (C=O) groups is 1. The van der Waals surface area contributed by atoms with Crippen LogP contribution in [0.2, 0.25) is 0 Å². The molecule has 27 heavy (non-hydrogen) atoms. The van der Waals surface area contributed by atoms with Gasteiger partial charge >= 0.3 is 0 Å². The number of piperazine rings is 1. The first kappa shape index (κ1) is 17.5. The van der Waals surface area contributed by atoms with Gasteiger partial charge in [-0.05, 0) is 24.6 Å². The van der Waals surface area contributed by atoms with Gasteiger partial charge in [-0.3, -0.25) is 9.69 Å². The molecular weight excluding hydrogens is 336 g/mol. The third-order valence-electron chi connectivity index (χ3n) is 5.15. The van der Waals surface area contributed by atoms with E-state index in [0.29, 0.717) is 5.56 Å². The molecule has 138 valence electrons. The molecule has 1 fully saturated rings. The van der Waals surface area contributed by atoms with Gasteiger partial charge in [-0.25, -0.2) is 4.68 Å². The second kappa shape index (κ2) is 7.76. The Bertz CT molecular complexity index is 897. The molecule has 1 aliphatic heterocycles. The van der Waals surface area contributed by atoms with Crippen LogP contribution < -0.4 is 0 Å². The summed E-state index contributed by atoms with van der Waals surface area (Å²) in [6, 6.07) is 20.4. The van der Waals surface area contributed by atoms with Crippen LogP contribution in [0.1, 0.15) is 21.6 Å². The zero-order valence-corrected chi connectivity index (χ0v) is 15.6. The van der Waals surface area contributed by atoms with Gasteiger partial charge < -0.3 is 4.90 Å². The summed E-state index contributed by atoms with van der Waals surface area (Å²) in [7, 11) is 0. The van der Waals surface area contributed by atoms with E-state index in [1.807, 2.05) is 52.9 Å². The second-order valence-electron chi connectivity index (χ2n) is 6.94. The molecule has 0 aliphatic carbocycles. The SMILES string of the molecule is Cc1c(C(=O)N2CCN(Cc3ccccc3)CC2)cnn1-c1ccccc1. The highest BCUT2D eigenvalue weighted by atomic mass is 16.2. The predicted octanol–water partition coefficient (Wildman–Crippen LogP) is 3.14. The van der Waals surface area contributed by atoms with E-state index in [2.05, 4.69) is 34.3 Å². The van der Waals surface area contributed by atoms with E-state index in [4.69, 9.17) is 0 Å². The number of aromatic nitrogens is 2. The minimum Gasteiger partial charge on any atom is -0.336 e. The summed E-state index contributed by atoms with van der Waals surface area (Å²) in [6.07, 6.45) is 1.70. The normalized spacial score (nSPS) is 15.1. The number of nitrogens with zero attached hydrogens (tertiary/aromatic N) is 4. The Kier molecular flexibility index (Phi) is 5.03. The molecule has 1 aromatic heterocycles. The minimum absolute atomic E-state index is 0.0778. The molecule has 5 nitrogen and oxygen atoms in total. The summed E-state index contributed by atoms with van der Waals surface area (Å²) >= 11 is 0. The van der Waals surface area contributed by atoms with E-state index < -0.39 is 0 Å². The lowest BCUT2D eigenvalue weighted by atomic mass is 10.1. The van der Waals surface area contributed by atoms with Crippen LogP contribution in [0.25, 0.3) is 5.69 Å². The lowest BCUT2D eigenvalue weighted by Crippen LogP contribution is -2.48. The van der Waals surface area contributed by atoms with Crippen molar-refractivity contribution < 1.29 is 4.79 Å². The molecule has 0 unspecified atom stereocenters. The number of amides is 1. The fourth-order valence-electron chi connectivity index (χ4n) is 3.57. The third kappa shape index (κ3) is 3.78. The van der Waals surface area contributed by atoms with E-state index >= 15 is 0 Å². The van der Waals surface area contributed by atoms with Crippen molar-refractivity contribution in [2.24, 2.45) is 0 Å². The van der Waals surface area contributed by atoms with Crippen molar-refractivity contribution in [2.75, 3.05) is 26.2 Å². The summed E-state index contributed by atoms with van der Waals surface area (Å²) < 4.78 is 1.83. The summed E-state index contributed by atoms with van der Waals surface area (Å²) in [5, 5.41) is 4.43. The zero-order chi connectivity index (χ0) is 18.6. The van der Waals surface area contributed by atoms with Gasteiger partial charge in [-0.2, -0.15) is 5.10 Å². The first-order chi connectivity index (χ1) is 13.2. The molecule has 2 aromatic carbocycles. The first-order valence-electron chi connectivity index (χ1n) is 9.38. The Morgan fingerprint density at radius 2 is 1.56 bits per heavy atom. The van der Waals surface area contributed by atoms with Crippen LogP contribution >= 0.6 is 0 Å². The summed E-state index contributed by atoms with van der Waals surface area (Å²) in [5.41, 5.74) is 3.87. The highest BCUT2D eigenvalue weighted by Crippen LogP contribution is 2.17. The largest absolute Gasteiger partial charge is 0.336 e. The predicted molar refractivity (Wildman–Crippen MR) is 106 cm³/mol. The molecule has 0 saturated carbocycles. The van der Waals surface area contributed by atoms with Crippen LogP contribution in [0.5, 0.6) is 0 Å². The van der Waals surface area contributed by atoms with Gasteiger partial charge in [-0.1, -0.05) is 48.5 Å². The number of carbonyl (C=O) groups excluding carboxylic acids is 1. The molecule has 2 heterocycles. The molecular formula is C22H24N4O. The minimum atomic E-state index is 0.0778. The van der Waals surface area contributed by atoms with E-state index in [0.717, 1.165) is 44.1 Å². The molecule has 1 aliphatic rings. The van der Waals surface area contributed by atoms with Crippen LogP contribution in [0.15, 0.2) is 66.9 Å². The molecule has 0 spiro atoms. The average Bonchev–Trinajstić information content (AvgIpc) is 3.11. The van der Waals surface area contributed by atoms with Crippen molar-refractivity contribution in [3.8, 4) is 5.69 Å². The topological polar surface area (TPSA) is 41.4 Å². The number of hydrogen-bond donors (Lipinski definition) is 0. The van der Waals surface area contributed by atoms with Crippen LogP contribution in [0, 0.1) is 6.92 Å². The standard InChI is InChI=1S/C22H24N4O/c1-18-21(16-23-26(18)20-10-6-3-7-11-20)22(27)25-14-12-24(13-15-25)17-19-8-4-2-5-9-19/h2-11,16H,12-15,17H2,1H3. The number of rotatable bonds is 4. The Labute approximate surface area is 159 Å². The van der Waals surface area contributed by atoms with Crippen molar-refractivity contribution in [3.05, 3.63) is 83.7 Å². The van der Waals surface area contributed by atoms with Gasteiger partial charge in [0, 0.05) is 32.7 Å². The number of hydrogen-bond acceptors (Lipinski definition) is 3. The van der Waals surface area contributed by atoms with Crippen molar-refractivity contribution in [1.82, 2.24) is 19.6 Å². The fraction of sp³-hybridized carbons (Fsp3) is 0.273. The maximum absolute atomic E-state index is 13.0. The lowest BCUT2D eigenvalue weighted by molar-refractivity contribution is 0.0627. The maximum atomic E-state index is 13.0. The Balaban J connectivity index is 1.41. The van der Waals surface area contributed by atoms with Crippen molar-refractivity contribution in [1.29, 1.82) is 0 Å². The van der Waals surface area contributed by atoms with Gasteiger partial charge in [0.05, 0.1) is 23.1 Å². The van der Waals surface area contributed by atoms with E-state index in [1.54, 1.807) is 6.20 Å². The summed E-state index contributed by atoms with van der Waals surface area (Å²) in [6.45, 7) is 6.19. The fourth-order valence-corrected chi connectivity index (χ4v) is 3.57. The van der Waals surface area contributed by atoms with Crippen LogP contribution in [-0.4, -0.2) is 51.7 Å². The smallest absolute Gasteiger partial charge is 0.257 e. The average molecular weight is 360 g/mol. The van der Waals surface area contributed by atoms with Gasteiger partial charge in [0.25, 0.3) is 5.91 Å². The molecule has 0 bridgehead atoms. The molecule has 5 heteroatoms. The third-order valence-corrected chi connectivity index (χ3v) is 5.15. The molecule has 3 aromatic rings. The molecule has 1 saturated heterocycles. The molecule has 4 rings (SSSR count).